The van der Waals surface area contributed by atoms with Gasteiger partial charge in [-0.05, 0) is 25.3 Å². The quantitative estimate of drug-likeness (QED) is 0.402. The van der Waals surface area contributed by atoms with Gasteiger partial charge in [0.2, 0.25) is 0 Å². The van der Waals surface area contributed by atoms with Crippen molar-refractivity contribution in [2.75, 3.05) is 19.7 Å². The molecule has 1 rings (SSSR count). The molecule has 1 aliphatic carbocycles. The maximum atomic E-state index is 10.7. The second-order valence-corrected chi connectivity index (χ2v) is 4.77. The molecule has 1 aliphatic rings. The second kappa shape index (κ2) is 9.23. The van der Waals surface area contributed by atoms with E-state index >= 15 is 0 Å². The van der Waals surface area contributed by atoms with Gasteiger partial charge in [-0.2, -0.15) is 0 Å². The van der Waals surface area contributed by atoms with Crippen molar-refractivity contribution in [3.05, 3.63) is 12.7 Å². The molecule has 3 nitrogen and oxygen atoms in total. The largest absolute Gasteiger partial charge is 0.461 e. The number of nitrogens with one attached hydrogen (secondary N) is 1. The maximum Gasteiger partial charge on any atom is 0.330 e. The smallest absolute Gasteiger partial charge is 0.330 e. The maximum absolute atomic E-state index is 10.7. The second-order valence-electron chi connectivity index (χ2n) is 4.77. The van der Waals surface area contributed by atoms with Gasteiger partial charge in [0.25, 0.3) is 0 Å². The number of carbonyl (C=O) groups excluding carboxylic acids is 1. The Morgan fingerprint density at radius 2 is 2.06 bits per heavy atom. The van der Waals surface area contributed by atoms with Crippen molar-refractivity contribution < 1.29 is 9.53 Å². The molecule has 0 amide bonds. The Labute approximate surface area is 105 Å². The fraction of sp³-hybridized carbons (Fsp3) is 0.786. The van der Waals surface area contributed by atoms with Crippen LogP contribution in [0, 0.1) is 5.92 Å². The van der Waals surface area contributed by atoms with E-state index in [-0.39, 0.29) is 5.97 Å². The molecule has 0 saturated heterocycles. The molecule has 0 atom stereocenters. The van der Waals surface area contributed by atoms with Crippen LogP contribution in [0.25, 0.3) is 0 Å². The Balaban J connectivity index is 1.83. The van der Waals surface area contributed by atoms with E-state index in [4.69, 9.17) is 4.74 Å². The molecular formula is C14H25NO2. The Morgan fingerprint density at radius 1 is 1.29 bits per heavy atom. The minimum absolute atomic E-state index is 0.339. The summed E-state index contributed by atoms with van der Waals surface area (Å²) in [6.07, 6.45) is 10.9. The molecule has 17 heavy (non-hydrogen) atoms. The number of esters is 1. The van der Waals surface area contributed by atoms with Gasteiger partial charge in [-0.1, -0.05) is 38.7 Å². The predicted octanol–water partition coefficient (Wildman–Crippen LogP) is 2.67. The zero-order chi connectivity index (χ0) is 12.3. The van der Waals surface area contributed by atoms with Crippen molar-refractivity contribution >= 4 is 5.97 Å². The third-order valence-corrected chi connectivity index (χ3v) is 3.38. The molecule has 0 spiro atoms. The van der Waals surface area contributed by atoms with Crippen LogP contribution in [0.15, 0.2) is 12.7 Å². The lowest BCUT2D eigenvalue weighted by molar-refractivity contribution is -0.137. The van der Waals surface area contributed by atoms with E-state index in [2.05, 4.69) is 11.9 Å². The fourth-order valence-corrected chi connectivity index (χ4v) is 2.40. The number of ether oxygens (including phenoxy) is 1. The summed E-state index contributed by atoms with van der Waals surface area (Å²) in [5, 5.41) is 3.29. The zero-order valence-electron chi connectivity index (χ0n) is 10.7. The molecule has 98 valence electrons. The average molecular weight is 239 g/mol. The highest BCUT2D eigenvalue weighted by molar-refractivity contribution is 5.81. The number of hydrogen-bond donors (Lipinski definition) is 1. The highest BCUT2D eigenvalue weighted by atomic mass is 16.5. The fourth-order valence-electron chi connectivity index (χ4n) is 2.40. The highest BCUT2D eigenvalue weighted by Crippen LogP contribution is 2.26. The third-order valence-electron chi connectivity index (χ3n) is 3.38. The van der Waals surface area contributed by atoms with Gasteiger partial charge in [0.05, 0.1) is 0 Å². The van der Waals surface area contributed by atoms with Gasteiger partial charge in [-0.15, -0.1) is 0 Å². The lowest BCUT2D eigenvalue weighted by Crippen LogP contribution is -2.22. The molecule has 1 N–H and O–H groups in total. The van der Waals surface area contributed by atoms with E-state index in [0.29, 0.717) is 6.61 Å². The van der Waals surface area contributed by atoms with Crippen LogP contribution in [0.5, 0.6) is 0 Å². The summed E-state index contributed by atoms with van der Waals surface area (Å²) in [6, 6.07) is 0. The lowest BCUT2D eigenvalue weighted by Gasteiger charge is -2.21. The van der Waals surface area contributed by atoms with Crippen LogP contribution < -0.4 is 5.32 Å². The molecule has 3 heteroatoms. The summed E-state index contributed by atoms with van der Waals surface area (Å²) in [4.78, 5) is 10.7. The molecule has 0 aromatic rings. The summed E-state index contributed by atoms with van der Waals surface area (Å²) < 4.78 is 4.87. The van der Waals surface area contributed by atoms with E-state index < -0.39 is 0 Å². The highest BCUT2D eigenvalue weighted by Gasteiger charge is 2.12. The van der Waals surface area contributed by atoms with Crippen LogP contribution in [-0.4, -0.2) is 25.7 Å². The summed E-state index contributed by atoms with van der Waals surface area (Å²) in [7, 11) is 0. The van der Waals surface area contributed by atoms with Gasteiger partial charge >= 0.3 is 5.97 Å². The van der Waals surface area contributed by atoms with Crippen LogP contribution in [0.3, 0.4) is 0 Å². The molecule has 0 aromatic heterocycles. The van der Waals surface area contributed by atoms with E-state index in [9.17, 15) is 4.79 Å². The summed E-state index contributed by atoms with van der Waals surface area (Å²) in [6.45, 7) is 5.55. The van der Waals surface area contributed by atoms with Crippen LogP contribution >= 0.6 is 0 Å². The standard InChI is InChI=1S/C14H25NO2/c1-2-14(16)17-12-11-15-10-6-9-13-7-4-3-5-8-13/h2,13,15H,1,3-12H2. The molecule has 0 bridgehead atoms. The van der Waals surface area contributed by atoms with Crippen molar-refractivity contribution in [3.8, 4) is 0 Å². The van der Waals surface area contributed by atoms with Crippen molar-refractivity contribution in [2.45, 2.75) is 44.9 Å². The number of carbonyl (C=O) groups is 1. The Hall–Kier alpha value is -0.830. The average Bonchev–Trinajstić information content (AvgIpc) is 2.38. The topological polar surface area (TPSA) is 38.3 Å². The van der Waals surface area contributed by atoms with E-state index in [1.807, 2.05) is 0 Å². The van der Waals surface area contributed by atoms with Crippen molar-refractivity contribution in [2.24, 2.45) is 5.92 Å². The molecule has 0 unspecified atom stereocenters. The van der Waals surface area contributed by atoms with Gasteiger partial charge in [0.15, 0.2) is 0 Å². The molecule has 1 fully saturated rings. The van der Waals surface area contributed by atoms with Crippen molar-refractivity contribution in [1.82, 2.24) is 5.32 Å². The van der Waals surface area contributed by atoms with Gasteiger partial charge in [0.1, 0.15) is 6.61 Å². The normalized spacial score (nSPS) is 16.7. The zero-order valence-corrected chi connectivity index (χ0v) is 10.7. The summed E-state index contributed by atoms with van der Waals surface area (Å²) in [5.41, 5.74) is 0. The molecular weight excluding hydrogens is 214 g/mol. The molecule has 0 radical (unpaired) electrons. The van der Waals surface area contributed by atoms with Gasteiger partial charge in [0, 0.05) is 12.6 Å². The number of hydrogen-bond acceptors (Lipinski definition) is 3. The molecule has 1 saturated carbocycles. The van der Waals surface area contributed by atoms with Crippen LogP contribution in [-0.2, 0) is 9.53 Å². The molecule has 0 heterocycles. The van der Waals surface area contributed by atoms with E-state index in [1.54, 1.807) is 0 Å². The van der Waals surface area contributed by atoms with Gasteiger partial charge in [-0.3, -0.25) is 0 Å². The number of rotatable bonds is 8. The van der Waals surface area contributed by atoms with Crippen LogP contribution in [0.1, 0.15) is 44.9 Å². The lowest BCUT2D eigenvalue weighted by atomic mass is 9.86. The SMILES string of the molecule is C=CC(=O)OCCNCCCC1CCCCC1. The first-order valence-electron chi connectivity index (χ1n) is 6.83. The summed E-state index contributed by atoms with van der Waals surface area (Å²) >= 11 is 0. The first-order chi connectivity index (χ1) is 8.33. The monoisotopic (exact) mass is 239 g/mol. The van der Waals surface area contributed by atoms with Crippen molar-refractivity contribution in [1.29, 1.82) is 0 Å². The molecule has 0 aromatic carbocycles. The Kier molecular flexibility index (Phi) is 7.72. The van der Waals surface area contributed by atoms with Crippen LogP contribution in [0.2, 0.25) is 0 Å². The first kappa shape index (κ1) is 14.2. The minimum atomic E-state index is -0.339. The van der Waals surface area contributed by atoms with Gasteiger partial charge < -0.3 is 10.1 Å². The Morgan fingerprint density at radius 3 is 2.76 bits per heavy atom. The predicted molar refractivity (Wildman–Crippen MR) is 69.8 cm³/mol. The van der Waals surface area contributed by atoms with Crippen molar-refractivity contribution in [3.63, 3.8) is 0 Å². The minimum Gasteiger partial charge on any atom is -0.461 e. The summed E-state index contributed by atoms with van der Waals surface area (Å²) in [5.74, 6) is 0.623. The molecule has 0 aliphatic heterocycles. The van der Waals surface area contributed by atoms with Gasteiger partial charge in [-0.25, -0.2) is 4.79 Å². The van der Waals surface area contributed by atoms with Crippen LogP contribution in [0.4, 0.5) is 0 Å². The van der Waals surface area contributed by atoms with E-state index in [1.165, 1.54) is 51.0 Å². The Bertz CT molecular complexity index is 222. The third kappa shape index (κ3) is 7.16. The first-order valence-corrected chi connectivity index (χ1v) is 6.83. The van der Waals surface area contributed by atoms with E-state index in [0.717, 1.165) is 19.0 Å².